The highest BCUT2D eigenvalue weighted by atomic mass is 35.5. The lowest BCUT2D eigenvalue weighted by Crippen LogP contribution is -2.48. The molecule has 0 aliphatic heterocycles. The van der Waals surface area contributed by atoms with Crippen LogP contribution >= 0.6 is 11.6 Å². The van der Waals surface area contributed by atoms with Gasteiger partial charge in [0.1, 0.15) is 0 Å². The van der Waals surface area contributed by atoms with E-state index in [1.54, 1.807) is 30.4 Å². The number of hydrogen-bond donors (Lipinski definition) is 1. The second kappa shape index (κ2) is 13.4. The average Bonchev–Trinajstić information content (AvgIpc) is 2.87. The quantitative estimate of drug-likeness (QED) is 0.239. The van der Waals surface area contributed by atoms with E-state index in [4.69, 9.17) is 25.8 Å². The lowest BCUT2D eigenvalue weighted by molar-refractivity contribution is -0.176. The predicted octanol–water partition coefficient (Wildman–Crippen LogP) is 4.63. The zero-order chi connectivity index (χ0) is 29.4. The summed E-state index contributed by atoms with van der Waals surface area (Å²) in [5.74, 6) is -4.48. The lowest BCUT2D eigenvalue weighted by Gasteiger charge is -2.47. The number of carbonyl (C=O) groups excluding carboxylic acids is 4. The van der Waals surface area contributed by atoms with Crippen LogP contribution in [0.4, 0.5) is 0 Å². The summed E-state index contributed by atoms with van der Waals surface area (Å²) in [4.78, 5) is 59.2. The molecule has 11 heteroatoms. The second-order valence-corrected chi connectivity index (χ2v) is 10.2. The molecule has 0 fully saturated rings. The van der Waals surface area contributed by atoms with Gasteiger partial charge in [-0.05, 0) is 49.3 Å². The van der Waals surface area contributed by atoms with E-state index in [9.17, 15) is 29.1 Å². The molecule has 4 atom stereocenters. The smallest absolute Gasteiger partial charge is 0.340 e. The number of hydrogen-bond acceptors (Lipinski definition) is 9. The molecule has 3 rings (SSSR count). The molecule has 1 aromatic rings. The van der Waals surface area contributed by atoms with Gasteiger partial charge < -0.3 is 24.1 Å². The molecule has 1 aromatic carbocycles. The number of esters is 4. The molecule has 0 amide bonds. The molecule has 0 saturated heterocycles. The van der Waals surface area contributed by atoms with Crippen LogP contribution in [0, 0.1) is 23.2 Å². The number of carboxylic acid groups (broad SMARTS) is 1. The van der Waals surface area contributed by atoms with Gasteiger partial charge in [0.15, 0.2) is 0 Å². The summed E-state index contributed by atoms with van der Waals surface area (Å²) in [7, 11) is 0. The van der Waals surface area contributed by atoms with Crippen molar-refractivity contribution in [3.8, 4) is 0 Å². The summed E-state index contributed by atoms with van der Waals surface area (Å²) in [5.41, 5.74) is 0.599. The van der Waals surface area contributed by atoms with Crippen molar-refractivity contribution >= 4 is 46.5 Å². The normalized spacial score (nSPS) is 23.8. The summed E-state index contributed by atoms with van der Waals surface area (Å²) in [6.45, 7) is 3.29. The number of fused-ring (bicyclic) bond motifs is 1. The fourth-order valence-corrected chi connectivity index (χ4v) is 5.36. The summed E-state index contributed by atoms with van der Waals surface area (Å²) >= 11 is 6.71. The van der Waals surface area contributed by atoms with Crippen molar-refractivity contribution in [2.24, 2.45) is 23.2 Å². The van der Waals surface area contributed by atoms with E-state index in [0.29, 0.717) is 23.4 Å². The van der Waals surface area contributed by atoms with E-state index in [2.05, 4.69) is 4.74 Å². The largest absolute Gasteiger partial charge is 0.481 e. The molecular formula is C29H31ClO10. The van der Waals surface area contributed by atoms with Crippen molar-refractivity contribution in [2.75, 3.05) is 13.6 Å². The minimum absolute atomic E-state index is 0.0642. The van der Waals surface area contributed by atoms with Crippen LogP contribution in [-0.2, 0) is 38.1 Å². The van der Waals surface area contributed by atoms with Crippen LogP contribution in [0.3, 0.4) is 0 Å². The fraction of sp³-hybridized carbons (Fsp3) is 0.414. The first kappa shape index (κ1) is 30.6. The maximum atomic E-state index is 13.6. The van der Waals surface area contributed by atoms with Crippen LogP contribution in [-0.4, -0.2) is 48.5 Å². The van der Waals surface area contributed by atoms with E-state index in [0.717, 1.165) is 5.57 Å². The van der Waals surface area contributed by atoms with Gasteiger partial charge in [-0.25, -0.2) is 4.79 Å². The fourth-order valence-electron chi connectivity index (χ4n) is 5.10. The topological polar surface area (TPSA) is 142 Å². The van der Waals surface area contributed by atoms with Crippen molar-refractivity contribution in [3.05, 3.63) is 65.3 Å². The number of halogens is 1. The van der Waals surface area contributed by atoms with Crippen molar-refractivity contribution in [1.29, 1.82) is 0 Å². The van der Waals surface area contributed by atoms with Gasteiger partial charge in [-0.15, -0.1) is 0 Å². The molecule has 10 nitrogen and oxygen atoms in total. The van der Waals surface area contributed by atoms with Gasteiger partial charge in [0.25, 0.3) is 0 Å². The first-order valence-corrected chi connectivity index (χ1v) is 13.0. The number of carboxylic acids is 1. The molecule has 40 heavy (non-hydrogen) atoms. The first-order chi connectivity index (χ1) is 18.9. The van der Waals surface area contributed by atoms with Crippen molar-refractivity contribution in [1.82, 2.24) is 0 Å². The number of benzene rings is 1. The molecule has 0 heterocycles. The monoisotopic (exact) mass is 574 g/mol. The molecule has 214 valence electrons. The van der Waals surface area contributed by atoms with Gasteiger partial charge >= 0.3 is 29.8 Å². The van der Waals surface area contributed by atoms with Crippen LogP contribution in [0.15, 0.2) is 54.1 Å². The molecule has 0 radical (unpaired) electrons. The number of rotatable bonds is 10. The molecule has 0 saturated carbocycles. The second-order valence-electron chi connectivity index (χ2n) is 9.79. The molecule has 0 bridgehead atoms. The third kappa shape index (κ3) is 7.59. The van der Waals surface area contributed by atoms with E-state index in [1.165, 1.54) is 26.0 Å². The Morgan fingerprint density at radius 2 is 1.57 bits per heavy atom. The Hall–Kier alpha value is -3.92. The molecule has 2 aliphatic carbocycles. The summed E-state index contributed by atoms with van der Waals surface area (Å²) in [6, 6.07) is 6.24. The highest BCUT2D eigenvalue weighted by molar-refractivity contribution is 6.48. The predicted molar refractivity (Wildman–Crippen MR) is 142 cm³/mol. The van der Waals surface area contributed by atoms with Gasteiger partial charge in [-0.2, -0.15) is 0 Å². The Labute approximate surface area is 236 Å². The highest BCUT2D eigenvalue weighted by Crippen LogP contribution is 2.53. The number of ether oxygens (including phenoxy) is 4. The molecule has 2 aliphatic rings. The third-order valence-corrected chi connectivity index (χ3v) is 7.25. The SMILES string of the molecule is CC(=O)OCOC(=O)c1ccc(/C(Cl)=C/[C@@H]2C=C(C)C[C@H]3C[C@H](CC(=O)O)C=C[C@]32C(=O)OCOC(C)=O)cc1. The van der Waals surface area contributed by atoms with E-state index >= 15 is 0 Å². The highest BCUT2D eigenvalue weighted by Gasteiger charge is 2.53. The minimum Gasteiger partial charge on any atom is -0.481 e. The number of carbonyl (C=O) groups is 5. The maximum Gasteiger partial charge on any atom is 0.340 e. The van der Waals surface area contributed by atoms with E-state index < -0.39 is 54.8 Å². The van der Waals surface area contributed by atoms with Gasteiger partial charge in [0, 0.05) is 24.8 Å². The summed E-state index contributed by atoms with van der Waals surface area (Å²) < 4.78 is 19.7. The molecule has 0 unspecified atom stereocenters. The van der Waals surface area contributed by atoms with Gasteiger partial charge in [0.2, 0.25) is 13.6 Å². The van der Waals surface area contributed by atoms with Gasteiger partial charge in [-0.1, -0.05) is 53.6 Å². The Kier molecular flexibility index (Phi) is 10.3. The summed E-state index contributed by atoms with van der Waals surface area (Å²) in [6.07, 6.45) is 8.02. The van der Waals surface area contributed by atoms with Crippen LogP contribution in [0.2, 0.25) is 0 Å². The minimum atomic E-state index is -1.20. The number of aliphatic carboxylic acids is 1. The van der Waals surface area contributed by atoms with E-state index in [-0.39, 0.29) is 23.8 Å². The first-order valence-electron chi connectivity index (χ1n) is 12.6. The third-order valence-electron chi connectivity index (χ3n) is 6.91. The molecular weight excluding hydrogens is 544 g/mol. The van der Waals surface area contributed by atoms with Crippen LogP contribution in [0.5, 0.6) is 0 Å². The Bertz CT molecular complexity index is 1250. The van der Waals surface area contributed by atoms with Crippen molar-refractivity contribution in [2.45, 2.75) is 40.0 Å². The van der Waals surface area contributed by atoms with Gasteiger partial charge in [0.05, 0.1) is 17.4 Å². The summed E-state index contributed by atoms with van der Waals surface area (Å²) in [5, 5.41) is 9.62. The zero-order valence-corrected chi connectivity index (χ0v) is 23.1. The zero-order valence-electron chi connectivity index (χ0n) is 22.4. The van der Waals surface area contributed by atoms with Gasteiger partial charge in [-0.3, -0.25) is 19.2 Å². The Morgan fingerprint density at radius 1 is 0.975 bits per heavy atom. The number of allylic oxidation sites excluding steroid dienone is 4. The standard InChI is InChI=1S/C29H31ClO10/c1-17-10-23-12-20(13-26(33)34)8-9-29(23,28(36)40-16-38-19(3)32)24(11-17)14-25(30)21-4-6-22(7-5-21)27(35)39-15-37-18(2)31/h4-9,11,14,20,23-24H,10,12-13,15-16H2,1-3H3,(H,33,34)/b25-14-/t20-,23+,24+,29+/m1/s1. The van der Waals surface area contributed by atoms with Crippen molar-refractivity contribution in [3.63, 3.8) is 0 Å². The lowest BCUT2D eigenvalue weighted by atomic mass is 9.56. The maximum absolute atomic E-state index is 13.6. The van der Waals surface area contributed by atoms with Crippen LogP contribution in [0.25, 0.3) is 5.03 Å². The van der Waals surface area contributed by atoms with Crippen molar-refractivity contribution < 1.29 is 48.0 Å². The van der Waals surface area contributed by atoms with Crippen LogP contribution in [0.1, 0.15) is 56.0 Å². The molecule has 0 aromatic heterocycles. The van der Waals surface area contributed by atoms with Crippen LogP contribution < -0.4 is 0 Å². The average molecular weight is 575 g/mol. The molecule has 1 N–H and O–H groups in total. The Morgan fingerprint density at radius 3 is 2.17 bits per heavy atom. The Balaban J connectivity index is 1.91. The van der Waals surface area contributed by atoms with E-state index in [1.807, 2.05) is 13.0 Å². The molecule has 0 spiro atoms.